The van der Waals surface area contributed by atoms with Crippen LogP contribution in [0.15, 0.2) is 40.9 Å². The Morgan fingerprint density at radius 1 is 1.24 bits per heavy atom. The highest BCUT2D eigenvalue weighted by Crippen LogP contribution is 2.29. The van der Waals surface area contributed by atoms with Gasteiger partial charge in [0.2, 0.25) is 0 Å². The number of hydrogen-bond donors (Lipinski definition) is 1. The van der Waals surface area contributed by atoms with Crippen LogP contribution in [0.1, 0.15) is 24.1 Å². The molecule has 112 valence electrons. The number of halogens is 2. The van der Waals surface area contributed by atoms with Crippen molar-refractivity contribution in [1.82, 2.24) is 0 Å². The molecule has 0 spiro atoms. The van der Waals surface area contributed by atoms with Crippen LogP contribution in [0.3, 0.4) is 0 Å². The Balaban J connectivity index is 2.21. The number of ether oxygens (including phenoxy) is 2. The van der Waals surface area contributed by atoms with Gasteiger partial charge in [-0.15, -0.1) is 0 Å². The molecule has 3 nitrogen and oxygen atoms in total. The number of methoxy groups -OCH3 is 1. The van der Waals surface area contributed by atoms with E-state index in [1.807, 2.05) is 25.1 Å². The second-order valence-electron chi connectivity index (χ2n) is 4.76. The van der Waals surface area contributed by atoms with Crippen molar-refractivity contribution in [1.29, 1.82) is 0 Å². The van der Waals surface area contributed by atoms with Crippen LogP contribution in [0.4, 0.5) is 4.39 Å². The van der Waals surface area contributed by atoms with Gasteiger partial charge in [-0.2, -0.15) is 0 Å². The summed E-state index contributed by atoms with van der Waals surface area (Å²) in [4.78, 5) is 0. The Kier molecular flexibility index (Phi) is 5.20. The van der Waals surface area contributed by atoms with Crippen LogP contribution in [0.5, 0.6) is 11.5 Å². The SMILES string of the molecule is COc1ccc(C(C)N)c(OCc2cc(F)cc(Br)c2)c1. The molecule has 0 saturated carbocycles. The molecule has 0 bridgehead atoms. The molecule has 21 heavy (non-hydrogen) atoms. The predicted octanol–water partition coefficient (Wildman–Crippen LogP) is 4.20. The Morgan fingerprint density at radius 2 is 2.00 bits per heavy atom. The zero-order valence-corrected chi connectivity index (χ0v) is 13.5. The highest BCUT2D eigenvalue weighted by atomic mass is 79.9. The maximum Gasteiger partial charge on any atom is 0.128 e. The maximum atomic E-state index is 13.4. The van der Waals surface area contributed by atoms with E-state index in [1.54, 1.807) is 13.2 Å². The van der Waals surface area contributed by atoms with E-state index in [4.69, 9.17) is 15.2 Å². The molecule has 0 aliphatic carbocycles. The molecule has 2 aromatic carbocycles. The summed E-state index contributed by atoms with van der Waals surface area (Å²) in [6.45, 7) is 2.14. The molecule has 1 atom stereocenters. The van der Waals surface area contributed by atoms with Gasteiger partial charge in [0.05, 0.1) is 7.11 Å². The van der Waals surface area contributed by atoms with Crippen LogP contribution < -0.4 is 15.2 Å². The van der Waals surface area contributed by atoms with E-state index >= 15 is 0 Å². The molecule has 0 aliphatic heterocycles. The number of nitrogens with two attached hydrogens (primary N) is 1. The Morgan fingerprint density at radius 3 is 2.62 bits per heavy atom. The predicted molar refractivity (Wildman–Crippen MR) is 84.0 cm³/mol. The van der Waals surface area contributed by atoms with Crippen molar-refractivity contribution in [3.63, 3.8) is 0 Å². The monoisotopic (exact) mass is 353 g/mol. The molecular formula is C16H17BrFNO2. The zero-order valence-electron chi connectivity index (χ0n) is 11.9. The lowest BCUT2D eigenvalue weighted by Gasteiger charge is -2.15. The number of hydrogen-bond acceptors (Lipinski definition) is 3. The van der Waals surface area contributed by atoms with Gasteiger partial charge in [-0.05, 0) is 36.8 Å². The van der Waals surface area contributed by atoms with E-state index in [0.29, 0.717) is 16.0 Å². The van der Waals surface area contributed by atoms with E-state index < -0.39 is 0 Å². The van der Waals surface area contributed by atoms with Gasteiger partial charge in [0.15, 0.2) is 0 Å². The van der Waals surface area contributed by atoms with Crippen LogP contribution in [-0.2, 0) is 6.61 Å². The maximum absolute atomic E-state index is 13.4. The van der Waals surface area contributed by atoms with Crippen molar-refractivity contribution in [2.45, 2.75) is 19.6 Å². The Labute approximate surface area is 132 Å². The molecule has 0 amide bonds. The van der Waals surface area contributed by atoms with Gasteiger partial charge in [-0.25, -0.2) is 4.39 Å². The van der Waals surface area contributed by atoms with Crippen molar-refractivity contribution in [2.75, 3.05) is 7.11 Å². The van der Waals surface area contributed by atoms with E-state index in [0.717, 1.165) is 11.1 Å². The minimum Gasteiger partial charge on any atom is -0.497 e. The zero-order chi connectivity index (χ0) is 15.4. The highest BCUT2D eigenvalue weighted by molar-refractivity contribution is 9.10. The Bertz CT molecular complexity index is 611. The van der Waals surface area contributed by atoms with Crippen molar-refractivity contribution < 1.29 is 13.9 Å². The lowest BCUT2D eigenvalue weighted by atomic mass is 10.1. The number of benzene rings is 2. The molecule has 0 aromatic heterocycles. The first-order valence-electron chi connectivity index (χ1n) is 6.51. The minimum atomic E-state index is -0.305. The van der Waals surface area contributed by atoms with Crippen LogP contribution in [0.25, 0.3) is 0 Å². The smallest absolute Gasteiger partial charge is 0.128 e. The van der Waals surface area contributed by atoms with Gasteiger partial charge < -0.3 is 15.2 Å². The fourth-order valence-electron chi connectivity index (χ4n) is 2.00. The summed E-state index contributed by atoms with van der Waals surface area (Å²) in [7, 11) is 1.59. The fraction of sp³-hybridized carbons (Fsp3) is 0.250. The first-order chi connectivity index (χ1) is 9.99. The van der Waals surface area contributed by atoms with Gasteiger partial charge in [0, 0.05) is 22.1 Å². The summed E-state index contributed by atoms with van der Waals surface area (Å²) in [5.41, 5.74) is 7.55. The van der Waals surface area contributed by atoms with Gasteiger partial charge in [0.25, 0.3) is 0 Å². The Hall–Kier alpha value is -1.59. The third kappa shape index (κ3) is 4.19. The second kappa shape index (κ2) is 6.91. The van der Waals surface area contributed by atoms with Crippen LogP contribution in [-0.4, -0.2) is 7.11 Å². The topological polar surface area (TPSA) is 44.5 Å². The van der Waals surface area contributed by atoms with Gasteiger partial charge in [0.1, 0.15) is 23.9 Å². The van der Waals surface area contributed by atoms with Gasteiger partial charge in [-0.3, -0.25) is 0 Å². The fourth-order valence-corrected chi connectivity index (χ4v) is 2.51. The average Bonchev–Trinajstić information content (AvgIpc) is 2.43. The normalized spacial score (nSPS) is 12.0. The summed E-state index contributed by atoms with van der Waals surface area (Å²) in [5, 5.41) is 0. The molecule has 0 heterocycles. The molecule has 2 rings (SSSR count). The number of rotatable bonds is 5. The summed E-state index contributed by atoms with van der Waals surface area (Å²) in [6.07, 6.45) is 0. The first-order valence-corrected chi connectivity index (χ1v) is 7.30. The molecule has 2 N–H and O–H groups in total. The molecule has 2 aromatic rings. The lowest BCUT2D eigenvalue weighted by Crippen LogP contribution is -2.08. The average molecular weight is 354 g/mol. The van der Waals surface area contributed by atoms with Gasteiger partial charge >= 0.3 is 0 Å². The van der Waals surface area contributed by atoms with E-state index in [-0.39, 0.29) is 18.5 Å². The molecule has 0 fully saturated rings. The highest BCUT2D eigenvalue weighted by Gasteiger charge is 2.10. The third-order valence-electron chi connectivity index (χ3n) is 3.03. The largest absolute Gasteiger partial charge is 0.497 e. The minimum absolute atomic E-state index is 0.162. The quantitative estimate of drug-likeness (QED) is 0.876. The first kappa shape index (κ1) is 15.8. The second-order valence-corrected chi connectivity index (χ2v) is 5.67. The molecule has 0 radical (unpaired) electrons. The molecule has 1 unspecified atom stereocenters. The van der Waals surface area contributed by atoms with Gasteiger partial charge in [-0.1, -0.05) is 22.0 Å². The van der Waals surface area contributed by atoms with Crippen molar-refractivity contribution in [3.05, 3.63) is 57.8 Å². The molecule has 0 saturated heterocycles. The van der Waals surface area contributed by atoms with E-state index in [9.17, 15) is 4.39 Å². The summed E-state index contributed by atoms with van der Waals surface area (Å²) in [5.74, 6) is 1.03. The van der Waals surface area contributed by atoms with Crippen molar-refractivity contribution in [3.8, 4) is 11.5 Å². The van der Waals surface area contributed by atoms with Crippen LogP contribution >= 0.6 is 15.9 Å². The van der Waals surface area contributed by atoms with E-state index in [2.05, 4.69) is 15.9 Å². The van der Waals surface area contributed by atoms with Crippen LogP contribution in [0, 0.1) is 5.82 Å². The molecular weight excluding hydrogens is 337 g/mol. The standard InChI is InChI=1S/C16H17BrFNO2/c1-10(19)15-4-3-14(20-2)8-16(15)21-9-11-5-12(17)7-13(18)6-11/h3-8,10H,9,19H2,1-2H3. The molecule has 0 aliphatic rings. The van der Waals surface area contributed by atoms with Crippen LogP contribution in [0.2, 0.25) is 0 Å². The van der Waals surface area contributed by atoms with E-state index in [1.165, 1.54) is 12.1 Å². The third-order valence-corrected chi connectivity index (χ3v) is 3.49. The van der Waals surface area contributed by atoms with Crippen molar-refractivity contribution >= 4 is 15.9 Å². The summed E-state index contributed by atoms with van der Waals surface area (Å²) in [6, 6.07) is 10.00. The van der Waals surface area contributed by atoms with Crippen molar-refractivity contribution in [2.24, 2.45) is 5.73 Å². The molecule has 5 heteroatoms. The summed E-state index contributed by atoms with van der Waals surface area (Å²) < 4.78 is 25.0. The summed E-state index contributed by atoms with van der Waals surface area (Å²) >= 11 is 3.26. The lowest BCUT2D eigenvalue weighted by molar-refractivity contribution is 0.298.